The van der Waals surface area contributed by atoms with Crippen LogP contribution in [0.25, 0.3) is 0 Å². The predicted molar refractivity (Wildman–Crippen MR) is 104 cm³/mol. The summed E-state index contributed by atoms with van der Waals surface area (Å²) in [5.74, 6) is 1.08. The number of ether oxygens (including phenoxy) is 3. The number of amides is 1. The Hall–Kier alpha value is -2.50. The third kappa shape index (κ3) is 6.01. The summed E-state index contributed by atoms with van der Waals surface area (Å²) < 4.78 is 17.0. The molecule has 0 atom stereocenters. The molecule has 148 valence electrons. The number of likely N-dealkylation sites (N-methyl/N-ethyl adjacent to an activating group) is 1. The molecular weight excluding hydrogens is 348 g/mol. The zero-order valence-electron chi connectivity index (χ0n) is 16.3. The highest BCUT2D eigenvalue weighted by Crippen LogP contribution is 2.39. The quantitative estimate of drug-likeness (QED) is 0.657. The van der Waals surface area contributed by atoms with Gasteiger partial charge in [-0.15, -0.1) is 0 Å². The van der Waals surface area contributed by atoms with E-state index in [1.54, 1.807) is 11.9 Å². The third-order valence-corrected chi connectivity index (χ3v) is 4.04. The molecule has 0 aliphatic carbocycles. The van der Waals surface area contributed by atoms with Gasteiger partial charge in [0.15, 0.2) is 0 Å². The third-order valence-electron chi connectivity index (χ3n) is 4.04. The summed E-state index contributed by atoms with van der Waals surface area (Å²) in [6, 6.07) is 5.74. The molecule has 0 spiro atoms. The average molecular weight is 376 g/mol. The Labute approximate surface area is 160 Å². The summed E-state index contributed by atoms with van der Waals surface area (Å²) in [5.41, 5.74) is 1.50. The fourth-order valence-electron chi connectivity index (χ4n) is 2.86. The van der Waals surface area contributed by atoms with Crippen LogP contribution < -0.4 is 19.7 Å². The van der Waals surface area contributed by atoms with Crippen LogP contribution in [0.3, 0.4) is 0 Å². The molecule has 1 aliphatic rings. The maximum Gasteiger partial charge on any atom is 0.238 e. The monoisotopic (exact) mass is 376 g/mol. The van der Waals surface area contributed by atoms with Crippen LogP contribution in [-0.4, -0.2) is 70.5 Å². The van der Waals surface area contributed by atoms with E-state index in [0.717, 1.165) is 18.8 Å². The molecule has 1 aromatic carbocycles. The number of hydrogen-bond donors (Lipinski definition) is 1. The van der Waals surface area contributed by atoms with E-state index >= 15 is 0 Å². The first-order valence-corrected chi connectivity index (χ1v) is 9.20. The maximum absolute atomic E-state index is 12.3. The molecule has 0 saturated carbocycles. The van der Waals surface area contributed by atoms with E-state index in [2.05, 4.69) is 10.2 Å². The van der Waals surface area contributed by atoms with E-state index in [1.165, 1.54) is 0 Å². The van der Waals surface area contributed by atoms with Gasteiger partial charge in [0.05, 0.1) is 57.0 Å². The smallest absolute Gasteiger partial charge is 0.238 e. The summed E-state index contributed by atoms with van der Waals surface area (Å²) in [6.07, 6.45) is 0. The highest BCUT2D eigenvalue weighted by molar-refractivity contribution is 5.94. The fourth-order valence-corrected chi connectivity index (χ4v) is 2.86. The van der Waals surface area contributed by atoms with Gasteiger partial charge in [-0.3, -0.25) is 9.69 Å². The second-order valence-corrected chi connectivity index (χ2v) is 6.16. The number of rotatable bonds is 9. The van der Waals surface area contributed by atoms with E-state index in [1.807, 2.05) is 32.0 Å². The summed E-state index contributed by atoms with van der Waals surface area (Å²) in [6.45, 7) is 8.01. The molecule has 1 amide bonds. The SMILES string of the molecule is CCOc1cc(N2CCOCC2)c(OCC)cc1NC(=O)CN(C)CC#N. The van der Waals surface area contributed by atoms with Gasteiger partial charge >= 0.3 is 0 Å². The van der Waals surface area contributed by atoms with Crippen molar-refractivity contribution < 1.29 is 19.0 Å². The number of carbonyl (C=O) groups is 1. The first kappa shape index (κ1) is 20.8. The van der Waals surface area contributed by atoms with E-state index in [-0.39, 0.29) is 19.0 Å². The van der Waals surface area contributed by atoms with E-state index in [0.29, 0.717) is 43.6 Å². The number of carbonyl (C=O) groups excluding carboxylic acids is 1. The van der Waals surface area contributed by atoms with Crippen molar-refractivity contribution in [1.29, 1.82) is 5.26 Å². The molecule has 0 aromatic heterocycles. The molecule has 0 radical (unpaired) electrons. The number of hydrogen-bond acceptors (Lipinski definition) is 7. The highest BCUT2D eigenvalue weighted by Gasteiger charge is 2.20. The minimum absolute atomic E-state index is 0.119. The maximum atomic E-state index is 12.3. The number of anilines is 2. The standard InChI is InChI=1S/C19H28N4O4/c1-4-26-17-13-16(23-8-10-25-11-9-23)18(27-5-2)12-15(17)21-19(24)14-22(3)7-6-20/h12-13H,4-5,7-11,14H2,1-3H3,(H,21,24). The Bertz CT molecular complexity index is 668. The van der Waals surface area contributed by atoms with Crippen LogP contribution in [0.15, 0.2) is 12.1 Å². The molecule has 1 heterocycles. The predicted octanol–water partition coefficient (Wildman–Crippen LogP) is 1.71. The normalized spacial score (nSPS) is 14.0. The molecule has 0 bridgehead atoms. The van der Waals surface area contributed by atoms with Crippen LogP contribution in [-0.2, 0) is 9.53 Å². The lowest BCUT2D eigenvalue weighted by Crippen LogP contribution is -2.36. The van der Waals surface area contributed by atoms with Crippen LogP contribution in [0.4, 0.5) is 11.4 Å². The molecule has 8 heteroatoms. The van der Waals surface area contributed by atoms with Gasteiger partial charge in [-0.05, 0) is 20.9 Å². The number of morpholine rings is 1. The second kappa shape index (κ2) is 10.6. The van der Waals surface area contributed by atoms with Crippen molar-refractivity contribution in [2.75, 3.05) is 69.9 Å². The van der Waals surface area contributed by atoms with Crippen molar-refractivity contribution in [1.82, 2.24) is 4.90 Å². The van der Waals surface area contributed by atoms with Crippen LogP contribution in [0.2, 0.25) is 0 Å². The molecule has 27 heavy (non-hydrogen) atoms. The molecule has 1 aromatic rings. The minimum atomic E-state index is -0.213. The lowest BCUT2D eigenvalue weighted by molar-refractivity contribution is -0.116. The molecule has 1 aliphatic heterocycles. The van der Waals surface area contributed by atoms with Crippen molar-refractivity contribution in [3.05, 3.63) is 12.1 Å². The number of nitriles is 1. The van der Waals surface area contributed by atoms with Crippen molar-refractivity contribution in [3.8, 4) is 17.6 Å². The summed E-state index contributed by atoms with van der Waals surface area (Å²) in [4.78, 5) is 16.2. The summed E-state index contributed by atoms with van der Waals surface area (Å²) in [5, 5.41) is 11.6. The van der Waals surface area contributed by atoms with Crippen molar-refractivity contribution >= 4 is 17.3 Å². The van der Waals surface area contributed by atoms with Crippen LogP contribution in [0.1, 0.15) is 13.8 Å². The van der Waals surface area contributed by atoms with Crippen LogP contribution in [0, 0.1) is 11.3 Å². The molecule has 1 saturated heterocycles. The molecular formula is C19H28N4O4. The number of nitrogens with one attached hydrogen (secondary N) is 1. The lowest BCUT2D eigenvalue weighted by atomic mass is 10.2. The van der Waals surface area contributed by atoms with Crippen molar-refractivity contribution in [2.45, 2.75) is 13.8 Å². The lowest BCUT2D eigenvalue weighted by Gasteiger charge is -2.31. The molecule has 1 N–H and O–H groups in total. The van der Waals surface area contributed by atoms with Crippen LogP contribution >= 0.6 is 0 Å². The van der Waals surface area contributed by atoms with Gasteiger partial charge in [0.1, 0.15) is 11.5 Å². The zero-order chi connectivity index (χ0) is 19.6. The largest absolute Gasteiger partial charge is 0.492 e. The summed E-state index contributed by atoms with van der Waals surface area (Å²) in [7, 11) is 1.72. The molecule has 0 unspecified atom stereocenters. The Morgan fingerprint density at radius 1 is 1.26 bits per heavy atom. The fraction of sp³-hybridized carbons (Fsp3) is 0.579. The Balaban J connectivity index is 2.28. The number of nitrogens with zero attached hydrogens (tertiary/aromatic N) is 3. The first-order chi connectivity index (χ1) is 13.1. The zero-order valence-corrected chi connectivity index (χ0v) is 16.3. The first-order valence-electron chi connectivity index (χ1n) is 9.20. The minimum Gasteiger partial charge on any atom is -0.492 e. The van der Waals surface area contributed by atoms with Gasteiger partial charge in [0.2, 0.25) is 5.91 Å². The average Bonchev–Trinajstić information content (AvgIpc) is 2.65. The Morgan fingerprint density at radius 3 is 2.56 bits per heavy atom. The topological polar surface area (TPSA) is 87.1 Å². The summed E-state index contributed by atoms with van der Waals surface area (Å²) >= 11 is 0. The van der Waals surface area contributed by atoms with E-state index in [4.69, 9.17) is 19.5 Å². The van der Waals surface area contributed by atoms with Crippen molar-refractivity contribution in [2.24, 2.45) is 0 Å². The van der Waals surface area contributed by atoms with E-state index in [9.17, 15) is 4.79 Å². The van der Waals surface area contributed by atoms with Gasteiger partial charge in [-0.25, -0.2) is 0 Å². The van der Waals surface area contributed by atoms with E-state index < -0.39 is 0 Å². The molecule has 1 fully saturated rings. The number of benzene rings is 1. The Kier molecular flexibility index (Phi) is 8.17. The van der Waals surface area contributed by atoms with Gasteiger partial charge in [0.25, 0.3) is 0 Å². The van der Waals surface area contributed by atoms with Crippen molar-refractivity contribution in [3.63, 3.8) is 0 Å². The second-order valence-electron chi connectivity index (χ2n) is 6.16. The Morgan fingerprint density at radius 2 is 1.93 bits per heavy atom. The van der Waals surface area contributed by atoms with Gasteiger partial charge in [-0.1, -0.05) is 0 Å². The molecule has 2 rings (SSSR count). The van der Waals surface area contributed by atoms with Gasteiger partial charge in [-0.2, -0.15) is 5.26 Å². The van der Waals surface area contributed by atoms with Gasteiger partial charge < -0.3 is 24.4 Å². The van der Waals surface area contributed by atoms with Gasteiger partial charge in [0, 0.05) is 25.2 Å². The highest BCUT2D eigenvalue weighted by atomic mass is 16.5. The van der Waals surface area contributed by atoms with Crippen LogP contribution in [0.5, 0.6) is 11.5 Å². The molecule has 8 nitrogen and oxygen atoms in total.